The quantitative estimate of drug-likeness (QED) is 0.738. The lowest BCUT2D eigenvalue weighted by atomic mass is 10.0. The summed E-state index contributed by atoms with van der Waals surface area (Å²) in [6, 6.07) is 8.27. The molecule has 0 saturated heterocycles. The first-order chi connectivity index (χ1) is 9.25. The molecule has 0 fully saturated rings. The minimum absolute atomic E-state index is 0.528. The lowest BCUT2D eigenvalue weighted by molar-refractivity contribution is 0.362. The number of nitrogens with zero attached hydrogens (tertiary/aromatic N) is 2. The van der Waals surface area contributed by atoms with Gasteiger partial charge in [-0.3, -0.25) is 0 Å². The van der Waals surface area contributed by atoms with Crippen LogP contribution in [0.3, 0.4) is 0 Å². The van der Waals surface area contributed by atoms with Gasteiger partial charge < -0.3 is 9.30 Å². The van der Waals surface area contributed by atoms with Crippen molar-refractivity contribution in [3.63, 3.8) is 0 Å². The van der Waals surface area contributed by atoms with E-state index in [4.69, 9.17) is 4.74 Å². The van der Waals surface area contributed by atoms with E-state index in [-0.39, 0.29) is 0 Å². The van der Waals surface area contributed by atoms with Crippen LogP contribution >= 0.6 is 0 Å². The number of rotatable bonds is 6. The second-order valence-electron chi connectivity index (χ2n) is 4.77. The molecular formula is C16H20N2O. The Morgan fingerprint density at radius 2 is 2.21 bits per heavy atom. The van der Waals surface area contributed by atoms with Gasteiger partial charge in [-0.15, -0.1) is 0 Å². The molecule has 2 aromatic rings. The van der Waals surface area contributed by atoms with E-state index in [1.807, 2.05) is 29.0 Å². The zero-order valence-electron chi connectivity index (χ0n) is 11.5. The summed E-state index contributed by atoms with van der Waals surface area (Å²) in [6.07, 6.45) is 9.63. The molecule has 100 valence electrons. The van der Waals surface area contributed by atoms with Gasteiger partial charge in [-0.1, -0.05) is 32.1 Å². The summed E-state index contributed by atoms with van der Waals surface area (Å²) in [6.45, 7) is 5.79. The van der Waals surface area contributed by atoms with Gasteiger partial charge in [0.05, 0.1) is 6.33 Å². The van der Waals surface area contributed by atoms with Gasteiger partial charge in [-0.25, -0.2) is 4.98 Å². The van der Waals surface area contributed by atoms with Crippen molar-refractivity contribution in [3.05, 3.63) is 60.7 Å². The number of hydrogen-bond acceptors (Lipinski definition) is 2. The normalized spacial score (nSPS) is 11.3. The molecule has 3 heteroatoms. The fraction of sp³-hybridized carbons (Fsp3) is 0.312. The maximum absolute atomic E-state index is 5.70. The van der Waals surface area contributed by atoms with E-state index in [1.165, 1.54) is 5.56 Å². The van der Waals surface area contributed by atoms with Crippen LogP contribution < -0.4 is 4.74 Å². The number of allylic oxidation sites excluding steroid dienone is 1. The van der Waals surface area contributed by atoms with Crippen LogP contribution in [0.5, 0.6) is 5.75 Å². The maximum atomic E-state index is 5.70. The van der Waals surface area contributed by atoms with Gasteiger partial charge in [0, 0.05) is 18.9 Å². The molecule has 0 aliphatic heterocycles. The van der Waals surface area contributed by atoms with Crippen LogP contribution in [0.15, 0.2) is 55.1 Å². The molecular weight excluding hydrogens is 236 g/mol. The summed E-state index contributed by atoms with van der Waals surface area (Å²) in [7, 11) is 0. The van der Waals surface area contributed by atoms with Crippen molar-refractivity contribution >= 4 is 0 Å². The molecule has 1 aromatic carbocycles. The Balaban J connectivity index is 1.79. The van der Waals surface area contributed by atoms with Crippen molar-refractivity contribution < 1.29 is 4.74 Å². The molecule has 0 unspecified atom stereocenters. The molecule has 0 bridgehead atoms. The van der Waals surface area contributed by atoms with Crippen LogP contribution in [-0.2, 0) is 6.54 Å². The predicted molar refractivity (Wildman–Crippen MR) is 77.4 cm³/mol. The van der Waals surface area contributed by atoms with Crippen molar-refractivity contribution in [2.75, 3.05) is 6.61 Å². The lowest BCUT2D eigenvalue weighted by Crippen LogP contribution is -1.96. The fourth-order valence-electron chi connectivity index (χ4n) is 1.77. The molecule has 0 radical (unpaired) electrons. The smallest absolute Gasteiger partial charge is 0.120 e. The van der Waals surface area contributed by atoms with Crippen LogP contribution in [0.1, 0.15) is 25.3 Å². The number of ether oxygens (including phenoxy) is 1. The largest absolute Gasteiger partial charge is 0.490 e. The topological polar surface area (TPSA) is 27.1 Å². The fourth-order valence-corrected chi connectivity index (χ4v) is 1.77. The number of aromatic nitrogens is 2. The molecule has 2 rings (SSSR count). The monoisotopic (exact) mass is 256 g/mol. The van der Waals surface area contributed by atoms with E-state index in [0.717, 1.165) is 12.3 Å². The number of imidazole rings is 1. The third kappa shape index (κ3) is 4.28. The van der Waals surface area contributed by atoms with Crippen molar-refractivity contribution in [1.29, 1.82) is 0 Å². The average Bonchev–Trinajstić information content (AvgIpc) is 2.92. The standard InChI is InChI=1S/C16H20N2O/c1-14(2)15-6-5-7-16(12-15)19-11-4-3-9-18-10-8-17-13-18/h3-8,10,12-14H,9,11H2,1-2H3/b4-3+. The molecule has 19 heavy (non-hydrogen) atoms. The molecule has 0 spiro atoms. The zero-order chi connectivity index (χ0) is 13.5. The van der Waals surface area contributed by atoms with Crippen molar-refractivity contribution in [2.45, 2.75) is 26.3 Å². The predicted octanol–water partition coefficient (Wildman–Crippen LogP) is 3.64. The second-order valence-corrected chi connectivity index (χ2v) is 4.77. The van der Waals surface area contributed by atoms with Crippen molar-refractivity contribution in [1.82, 2.24) is 9.55 Å². The minimum atomic E-state index is 0.528. The highest BCUT2D eigenvalue weighted by Gasteiger charge is 1.99. The third-order valence-electron chi connectivity index (χ3n) is 2.91. The van der Waals surface area contributed by atoms with Gasteiger partial charge in [-0.05, 0) is 29.7 Å². The highest BCUT2D eigenvalue weighted by molar-refractivity contribution is 5.30. The molecule has 3 nitrogen and oxygen atoms in total. The summed E-state index contributed by atoms with van der Waals surface area (Å²) in [4.78, 5) is 3.99. The van der Waals surface area contributed by atoms with Crippen LogP contribution in [0.4, 0.5) is 0 Å². The Labute approximate surface area is 114 Å². The first-order valence-electron chi connectivity index (χ1n) is 6.59. The van der Waals surface area contributed by atoms with Gasteiger partial charge in [0.1, 0.15) is 12.4 Å². The summed E-state index contributed by atoms with van der Waals surface area (Å²) in [5.74, 6) is 1.46. The van der Waals surface area contributed by atoms with E-state index in [2.05, 4.69) is 37.0 Å². The molecule has 0 atom stereocenters. The lowest BCUT2D eigenvalue weighted by Gasteiger charge is -2.08. The molecule has 0 aliphatic rings. The van der Waals surface area contributed by atoms with Crippen LogP contribution in [0.25, 0.3) is 0 Å². The highest BCUT2D eigenvalue weighted by Crippen LogP contribution is 2.19. The Hall–Kier alpha value is -2.03. The minimum Gasteiger partial charge on any atom is -0.490 e. The third-order valence-corrected chi connectivity index (χ3v) is 2.91. The first-order valence-corrected chi connectivity index (χ1v) is 6.59. The Bertz CT molecular complexity index is 515. The SMILES string of the molecule is CC(C)c1cccc(OC/C=C/Cn2ccnc2)c1. The Morgan fingerprint density at radius 3 is 2.95 bits per heavy atom. The summed E-state index contributed by atoms with van der Waals surface area (Å²) >= 11 is 0. The molecule has 0 saturated carbocycles. The van der Waals surface area contributed by atoms with E-state index >= 15 is 0 Å². The summed E-state index contributed by atoms with van der Waals surface area (Å²) < 4.78 is 7.71. The average molecular weight is 256 g/mol. The van der Waals surface area contributed by atoms with Gasteiger partial charge in [-0.2, -0.15) is 0 Å². The van der Waals surface area contributed by atoms with Crippen molar-refractivity contribution in [3.8, 4) is 5.75 Å². The van der Waals surface area contributed by atoms with Gasteiger partial charge >= 0.3 is 0 Å². The van der Waals surface area contributed by atoms with Gasteiger partial charge in [0.25, 0.3) is 0 Å². The number of hydrogen-bond donors (Lipinski definition) is 0. The summed E-state index contributed by atoms with van der Waals surface area (Å²) in [5, 5.41) is 0. The van der Waals surface area contributed by atoms with Gasteiger partial charge in [0.2, 0.25) is 0 Å². The van der Waals surface area contributed by atoms with Crippen LogP contribution in [0, 0.1) is 0 Å². The van der Waals surface area contributed by atoms with Gasteiger partial charge in [0.15, 0.2) is 0 Å². The van der Waals surface area contributed by atoms with Crippen LogP contribution in [-0.4, -0.2) is 16.2 Å². The second kappa shape index (κ2) is 6.78. The zero-order valence-corrected chi connectivity index (χ0v) is 11.5. The Morgan fingerprint density at radius 1 is 1.32 bits per heavy atom. The molecule has 1 aromatic heterocycles. The van der Waals surface area contributed by atoms with Crippen molar-refractivity contribution in [2.24, 2.45) is 0 Å². The van der Waals surface area contributed by atoms with Crippen LogP contribution in [0.2, 0.25) is 0 Å². The highest BCUT2D eigenvalue weighted by atomic mass is 16.5. The van der Waals surface area contributed by atoms with E-state index in [0.29, 0.717) is 12.5 Å². The Kier molecular flexibility index (Phi) is 4.78. The van der Waals surface area contributed by atoms with E-state index < -0.39 is 0 Å². The first kappa shape index (κ1) is 13.4. The van der Waals surface area contributed by atoms with E-state index in [9.17, 15) is 0 Å². The molecule has 0 aliphatic carbocycles. The molecule has 1 heterocycles. The summed E-state index contributed by atoms with van der Waals surface area (Å²) in [5.41, 5.74) is 1.31. The number of benzene rings is 1. The maximum Gasteiger partial charge on any atom is 0.120 e. The van der Waals surface area contributed by atoms with E-state index in [1.54, 1.807) is 12.5 Å². The molecule has 0 N–H and O–H groups in total. The molecule has 0 amide bonds.